The predicted molar refractivity (Wildman–Crippen MR) is 68.9 cm³/mol. The Balaban J connectivity index is 3.14. The van der Waals surface area contributed by atoms with E-state index < -0.39 is 6.10 Å². The number of amidine groups is 1. The number of hydrogen-bond donors (Lipinski definition) is 3. The molecule has 1 aromatic rings. The fraction of sp³-hybridized carbons (Fsp3) is 0.364. The first-order valence-electron chi connectivity index (χ1n) is 5.12. The van der Waals surface area contributed by atoms with Crippen molar-refractivity contribution in [3.8, 4) is 0 Å². The minimum atomic E-state index is -0.476. The highest BCUT2D eigenvalue weighted by molar-refractivity contribution is 6.31. The lowest BCUT2D eigenvalue weighted by Crippen LogP contribution is -2.29. The summed E-state index contributed by atoms with van der Waals surface area (Å²) in [6.07, 6.45) is -0.476. The third kappa shape index (κ3) is 3.51. The zero-order valence-corrected chi connectivity index (χ0v) is 10.5. The van der Waals surface area contributed by atoms with E-state index in [1.165, 1.54) is 0 Å². The average Bonchev–Trinajstić information content (AvgIpc) is 2.26. The first kappa shape index (κ1) is 13.6. The number of rotatable bonds is 4. The van der Waals surface area contributed by atoms with E-state index in [0.29, 0.717) is 17.1 Å². The maximum absolute atomic E-state index is 9.35. The molecule has 6 heteroatoms. The highest BCUT2D eigenvalue weighted by Gasteiger charge is 2.13. The van der Waals surface area contributed by atoms with Crippen LogP contribution in [-0.2, 0) is 0 Å². The van der Waals surface area contributed by atoms with Crippen molar-refractivity contribution in [3.05, 3.63) is 28.8 Å². The molecule has 0 aliphatic rings. The molecule has 0 saturated carbocycles. The van der Waals surface area contributed by atoms with Crippen LogP contribution in [0.15, 0.2) is 23.4 Å². The highest BCUT2D eigenvalue weighted by Crippen LogP contribution is 2.23. The molecule has 17 heavy (non-hydrogen) atoms. The topological polar surface area (TPSA) is 82.1 Å². The number of aliphatic hydroxyl groups is 1. The van der Waals surface area contributed by atoms with Gasteiger partial charge >= 0.3 is 0 Å². The number of oxime groups is 1. The molecule has 0 spiro atoms. The molecule has 0 aliphatic heterocycles. The summed E-state index contributed by atoms with van der Waals surface area (Å²) in [5, 5.41) is 21.5. The summed E-state index contributed by atoms with van der Waals surface area (Å²) < 4.78 is 0. The van der Waals surface area contributed by atoms with Crippen LogP contribution in [0.4, 0.5) is 5.69 Å². The number of aliphatic hydroxyl groups excluding tert-OH is 1. The van der Waals surface area contributed by atoms with E-state index >= 15 is 0 Å². The minimum Gasteiger partial charge on any atom is -0.409 e. The van der Waals surface area contributed by atoms with Crippen molar-refractivity contribution in [3.63, 3.8) is 0 Å². The van der Waals surface area contributed by atoms with Gasteiger partial charge in [0.15, 0.2) is 5.84 Å². The quantitative estimate of drug-likeness (QED) is 0.328. The molecule has 5 nitrogen and oxygen atoms in total. The van der Waals surface area contributed by atoms with Gasteiger partial charge in [0.05, 0.1) is 6.10 Å². The van der Waals surface area contributed by atoms with Gasteiger partial charge in [0.2, 0.25) is 0 Å². The fourth-order valence-corrected chi connectivity index (χ4v) is 1.77. The van der Waals surface area contributed by atoms with Gasteiger partial charge in [0.1, 0.15) is 0 Å². The van der Waals surface area contributed by atoms with Gasteiger partial charge in [-0.1, -0.05) is 16.8 Å². The standard InChI is InChI=1S/C11H16ClN3O2/c1-7(16)6-15(2)10-4-3-8(12)5-9(10)11(13)14-17/h3-5,7,16-17H,6H2,1-2H3,(H2,13,14). The Morgan fingerprint density at radius 3 is 2.76 bits per heavy atom. The van der Waals surface area contributed by atoms with Gasteiger partial charge in [0, 0.05) is 29.9 Å². The van der Waals surface area contributed by atoms with Crippen LogP contribution >= 0.6 is 11.6 Å². The van der Waals surface area contributed by atoms with Gasteiger partial charge in [-0.05, 0) is 25.1 Å². The molecule has 1 rings (SSSR count). The SMILES string of the molecule is CC(O)CN(C)c1ccc(Cl)cc1/C(N)=N/O. The Morgan fingerprint density at radius 1 is 1.59 bits per heavy atom. The number of hydrogen-bond acceptors (Lipinski definition) is 4. The summed E-state index contributed by atoms with van der Waals surface area (Å²) >= 11 is 5.87. The van der Waals surface area contributed by atoms with Gasteiger partial charge in [-0.15, -0.1) is 0 Å². The van der Waals surface area contributed by atoms with E-state index in [1.54, 1.807) is 25.1 Å². The lowest BCUT2D eigenvalue weighted by atomic mass is 10.1. The molecule has 0 aliphatic carbocycles. The van der Waals surface area contributed by atoms with Crippen molar-refractivity contribution in [1.82, 2.24) is 0 Å². The number of nitrogens with two attached hydrogens (primary N) is 1. The molecule has 0 bridgehead atoms. The fourth-order valence-electron chi connectivity index (χ4n) is 1.59. The molecule has 4 N–H and O–H groups in total. The van der Waals surface area contributed by atoms with Gasteiger partial charge in [-0.3, -0.25) is 0 Å². The van der Waals surface area contributed by atoms with E-state index in [9.17, 15) is 5.11 Å². The van der Waals surface area contributed by atoms with Gasteiger partial charge in [-0.2, -0.15) is 0 Å². The van der Waals surface area contributed by atoms with Crippen LogP contribution in [0.5, 0.6) is 0 Å². The van der Waals surface area contributed by atoms with Gasteiger partial charge in [0.25, 0.3) is 0 Å². The van der Waals surface area contributed by atoms with Crippen molar-refractivity contribution in [1.29, 1.82) is 0 Å². The molecule has 0 saturated heterocycles. The van der Waals surface area contributed by atoms with Crippen LogP contribution in [0, 0.1) is 0 Å². The average molecular weight is 258 g/mol. The van der Waals surface area contributed by atoms with E-state index in [1.807, 2.05) is 11.9 Å². The van der Waals surface area contributed by atoms with Crippen LogP contribution in [0.25, 0.3) is 0 Å². The third-order valence-corrected chi connectivity index (χ3v) is 2.53. The number of halogens is 1. The Morgan fingerprint density at radius 2 is 2.24 bits per heavy atom. The number of nitrogens with zero attached hydrogens (tertiary/aromatic N) is 2. The second-order valence-electron chi connectivity index (χ2n) is 3.88. The monoisotopic (exact) mass is 257 g/mol. The van der Waals surface area contributed by atoms with E-state index in [4.69, 9.17) is 22.5 Å². The molecule has 0 amide bonds. The maximum atomic E-state index is 9.35. The highest BCUT2D eigenvalue weighted by atomic mass is 35.5. The van der Waals surface area contributed by atoms with Gasteiger partial charge < -0.3 is 20.9 Å². The summed E-state index contributed by atoms with van der Waals surface area (Å²) in [4.78, 5) is 1.81. The molecule has 94 valence electrons. The third-order valence-electron chi connectivity index (χ3n) is 2.29. The summed E-state index contributed by atoms with van der Waals surface area (Å²) in [6.45, 7) is 2.13. The van der Waals surface area contributed by atoms with Crippen molar-refractivity contribution in [2.45, 2.75) is 13.0 Å². The Kier molecular flexibility index (Phi) is 4.60. The van der Waals surface area contributed by atoms with E-state index in [0.717, 1.165) is 5.69 Å². The zero-order chi connectivity index (χ0) is 13.0. The van der Waals surface area contributed by atoms with E-state index in [-0.39, 0.29) is 5.84 Å². The van der Waals surface area contributed by atoms with E-state index in [2.05, 4.69) is 5.16 Å². The van der Waals surface area contributed by atoms with Crippen molar-refractivity contribution >= 4 is 23.1 Å². The molecule has 0 heterocycles. The Bertz CT molecular complexity index is 421. The second-order valence-corrected chi connectivity index (χ2v) is 4.31. The predicted octanol–water partition coefficient (Wildman–Crippen LogP) is 1.25. The minimum absolute atomic E-state index is 0.0139. The summed E-state index contributed by atoms with van der Waals surface area (Å²) in [5.41, 5.74) is 6.86. The van der Waals surface area contributed by atoms with Crippen LogP contribution in [-0.4, -0.2) is 35.8 Å². The normalized spacial score (nSPS) is 13.5. The molecule has 0 fully saturated rings. The number of likely N-dealkylation sites (N-methyl/N-ethyl adjacent to an activating group) is 1. The number of benzene rings is 1. The molecule has 1 aromatic carbocycles. The Labute approximate surface area is 105 Å². The largest absolute Gasteiger partial charge is 0.409 e. The van der Waals surface area contributed by atoms with Crippen LogP contribution in [0.2, 0.25) is 5.02 Å². The first-order valence-corrected chi connectivity index (χ1v) is 5.50. The molecule has 1 atom stereocenters. The second kappa shape index (κ2) is 5.75. The van der Waals surface area contributed by atoms with Gasteiger partial charge in [-0.25, -0.2) is 0 Å². The number of anilines is 1. The van der Waals surface area contributed by atoms with Crippen molar-refractivity contribution < 1.29 is 10.3 Å². The first-order chi connectivity index (χ1) is 7.95. The molecule has 0 aromatic heterocycles. The Hall–Kier alpha value is -1.46. The van der Waals surface area contributed by atoms with Crippen molar-refractivity contribution in [2.24, 2.45) is 10.9 Å². The summed E-state index contributed by atoms with van der Waals surface area (Å²) in [6, 6.07) is 5.09. The molecule has 1 unspecified atom stereocenters. The lowest BCUT2D eigenvalue weighted by Gasteiger charge is -2.23. The van der Waals surface area contributed by atoms with Crippen LogP contribution in [0.3, 0.4) is 0 Å². The molecular weight excluding hydrogens is 242 g/mol. The molecule has 0 radical (unpaired) electrons. The van der Waals surface area contributed by atoms with Crippen molar-refractivity contribution in [2.75, 3.05) is 18.5 Å². The molecular formula is C11H16ClN3O2. The van der Waals surface area contributed by atoms with Crippen LogP contribution in [0.1, 0.15) is 12.5 Å². The summed E-state index contributed by atoms with van der Waals surface area (Å²) in [7, 11) is 1.81. The summed E-state index contributed by atoms with van der Waals surface area (Å²) in [5.74, 6) is -0.0139. The van der Waals surface area contributed by atoms with Crippen LogP contribution < -0.4 is 10.6 Å². The maximum Gasteiger partial charge on any atom is 0.172 e. The smallest absolute Gasteiger partial charge is 0.172 e. The lowest BCUT2D eigenvalue weighted by molar-refractivity contribution is 0.201. The zero-order valence-electron chi connectivity index (χ0n) is 9.76.